The van der Waals surface area contributed by atoms with E-state index in [1.54, 1.807) is 17.8 Å². The Morgan fingerprint density at radius 3 is 2.43 bits per heavy atom. The fourth-order valence-corrected chi connectivity index (χ4v) is 10.6. The number of benzene rings is 2. The number of aliphatic hydroxyl groups excluding tert-OH is 3. The molecule has 330 valence electrons. The minimum atomic E-state index is -1.34. The Kier molecular flexibility index (Phi) is 17.8. The van der Waals surface area contributed by atoms with E-state index in [1.165, 1.54) is 12.8 Å². The van der Waals surface area contributed by atoms with Crippen molar-refractivity contribution >= 4 is 23.4 Å². The summed E-state index contributed by atoms with van der Waals surface area (Å²) in [5, 5.41) is 34.3. The number of ether oxygens (including phenoxy) is 4. The van der Waals surface area contributed by atoms with Crippen LogP contribution in [-0.2, 0) is 19.1 Å². The van der Waals surface area contributed by atoms with Gasteiger partial charge in [0.25, 0.3) is 0 Å². The molecule has 1 aliphatic heterocycles. The molecule has 12 heteroatoms. The van der Waals surface area contributed by atoms with E-state index in [1.807, 2.05) is 36.1 Å². The topological polar surface area (TPSA) is 140 Å². The maximum Gasteiger partial charge on any atom is 0.239 e. The van der Waals surface area contributed by atoms with Crippen molar-refractivity contribution in [1.29, 1.82) is 0 Å². The van der Waals surface area contributed by atoms with Gasteiger partial charge in [-0.2, -0.15) is 0 Å². The summed E-state index contributed by atoms with van der Waals surface area (Å²) < 4.78 is 26.9. The van der Waals surface area contributed by atoms with Gasteiger partial charge in [-0.05, 0) is 111 Å². The van der Waals surface area contributed by atoms with Crippen LogP contribution in [-0.4, -0.2) is 103 Å². The fourth-order valence-electron chi connectivity index (χ4n) is 10.2. The number of carbonyl (C=O) groups excluding carboxylic acids is 1. The van der Waals surface area contributed by atoms with E-state index in [0.717, 1.165) is 72.4 Å². The van der Waals surface area contributed by atoms with Crippen LogP contribution in [0.1, 0.15) is 102 Å². The van der Waals surface area contributed by atoms with Gasteiger partial charge in [0.2, 0.25) is 11.7 Å². The number of oxime groups is 1. The van der Waals surface area contributed by atoms with Crippen molar-refractivity contribution in [2.45, 2.75) is 113 Å². The number of thioether (sulfide) groups is 1. The Morgan fingerprint density at radius 2 is 1.73 bits per heavy atom. The van der Waals surface area contributed by atoms with E-state index in [0.29, 0.717) is 49.7 Å². The van der Waals surface area contributed by atoms with Gasteiger partial charge in [0, 0.05) is 49.0 Å². The van der Waals surface area contributed by atoms with Gasteiger partial charge in [0.1, 0.15) is 29.9 Å². The van der Waals surface area contributed by atoms with Crippen LogP contribution in [0.4, 0.5) is 0 Å². The number of amides is 1. The second-order valence-electron chi connectivity index (χ2n) is 16.6. The maximum absolute atomic E-state index is 14.8. The molecular weight excluding hydrogens is 781 g/mol. The van der Waals surface area contributed by atoms with Gasteiger partial charge in [-0.25, -0.2) is 0 Å². The summed E-state index contributed by atoms with van der Waals surface area (Å²) in [5.74, 6) is 0.968. The van der Waals surface area contributed by atoms with E-state index in [2.05, 4.69) is 37.1 Å². The van der Waals surface area contributed by atoms with Crippen LogP contribution in [0, 0.1) is 23.7 Å². The van der Waals surface area contributed by atoms with E-state index in [-0.39, 0.29) is 69.8 Å². The molecule has 0 saturated heterocycles. The van der Waals surface area contributed by atoms with Crippen LogP contribution in [0.3, 0.4) is 0 Å². The SMILES string of the molecule is C=CCOC12Oc3ccc(Oc4ccc(SC)cc4)cc3C3C(CCCCO)C(CCCCO)C=C(C(=NOCC)CC1N(CCOCCO)C(=O)CCC1CCCC1)C32. The molecule has 6 rings (SSSR count). The Labute approximate surface area is 361 Å². The highest BCUT2D eigenvalue weighted by atomic mass is 32.2. The predicted octanol–water partition coefficient (Wildman–Crippen LogP) is 8.66. The third kappa shape index (κ3) is 11.0. The second kappa shape index (κ2) is 23.2. The first kappa shape index (κ1) is 46.1. The number of nitrogens with zero attached hydrogens (tertiary/aromatic N) is 2. The van der Waals surface area contributed by atoms with Gasteiger partial charge in [0.05, 0.1) is 38.1 Å². The summed E-state index contributed by atoms with van der Waals surface area (Å²) >= 11 is 1.68. The zero-order chi connectivity index (χ0) is 42.3. The first-order valence-corrected chi connectivity index (χ1v) is 23.6. The highest BCUT2D eigenvalue weighted by molar-refractivity contribution is 7.98. The van der Waals surface area contributed by atoms with Crippen LogP contribution >= 0.6 is 11.8 Å². The lowest BCUT2D eigenvalue weighted by Gasteiger charge is -2.60. The third-order valence-electron chi connectivity index (χ3n) is 12.9. The Bertz CT molecular complexity index is 1730. The molecule has 2 aromatic carbocycles. The van der Waals surface area contributed by atoms with Crippen LogP contribution in [0.5, 0.6) is 17.2 Å². The number of aliphatic hydroxyl groups is 3. The molecular formula is C48H68N2O9S. The minimum absolute atomic E-state index is 0.0173. The first-order chi connectivity index (χ1) is 29.4. The second-order valence-corrected chi connectivity index (χ2v) is 17.5. The Balaban J connectivity index is 1.53. The lowest BCUT2D eigenvalue weighted by molar-refractivity contribution is -0.258. The summed E-state index contributed by atoms with van der Waals surface area (Å²) in [7, 11) is 0. The van der Waals surface area contributed by atoms with Crippen LogP contribution in [0.2, 0.25) is 0 Å². The summed E-state index contributed by atoms with van der Waals surface area (Å²) in [5.41, 5.74) is 2.78. The Hall–Kier alpha value is -3.39. The largest absolute Gasteiger partial charge is 0.459 e. The number of rotatable bonds is 25. The summed E-state index contributed by atoms with van der Waals surface area (Å²) in [4.78, 5) is 23.8. The van der Waals surface area contributed by atoms with Crippen LogP contribution < -0.4 is 9.47 Å². The summed E-state index contributed by atoms with van der Waals surface area (Å²) in [6, 6.07) is 13.5. The molecule has 0 aromatic heterocycles. The van der Waals surface area contributed by atoms with Gasteiger partial charge in [-0.3, -0.25) is 4.79 Å². The molecule has 4 aliphatic rings. The van der Waals surface area contributed by atoms with Crippen molar-refractivity contribution in [3.63, 3.8) is 0 Å². The van der Waals surface area contributed by atoms with E-state index in [9.17, 15) is 20.1 Å². The van der Waals surface area contributed by atoms with Crippen molar-refractivity contribution in [2.24, 2.45) is 28.8 Å². The molecule has 2 aromatic rings. The smallest absolute Gasteiger partial charge is 0.239 e. The molecule has 2 saturated carbocycles. The first-order valence-electron chi connectivity index (χ1n) is 22.4. The molecule has 2 fully saturated rings. The highest BCUT2D eigenvalue weighted by Gasteiger charge is 2.65. The van der Waals surface area contributed by atoms with E-state index in [4.69, 9.17) is 28.9 Å². The average Bonchev–Trinajstić information content (AvgIpc) is 3.80. The minimum Gasteiger partial charge on any atom is -0.459 e. The number of fused-ring (bicyclic) bond motifs is 2. The lowest BCUT2D eigenvalue weighted by Crippen LogP contribution is -2.70. The van der Waals surface area contributed by atoms with Gasteiger partial charge in [-0.15, -0.1) is 18.3 Å². The molecule has 60 heavy (non-hydrogen) atoms. The van der Waals surface area contributed by atoms with Gasteiger partial charge in [0.15, 0.2) is 0 Å². The number of unbranched alkanes of at least 4 members (excludes halogenated alkanes) is 2. The van der Waals surface area contributed by atoms with Crippen LogP contribution in [0.15, 0.2) is 76.8 Å². The normalized spacial score (nSPS) is 25.2. The van der Waals surface area contributed by atoms with Crippen molar-refractivity contribution in [3.05, 3.63) is 72.3 Å². The molecule has 3 aliphatic carbocycles. The average molecular weight is 849 g/mol. The molecule has 0 bridgehead atoms. The number of allylic oxidation sites excluding steroid dienone is 1. The molecule has 6 unspecified atom stereocenters. The predicted molar refractivity (Wildman–Crippen MR) is 236 cm³/mol. The van der Waals surface area contributed by atoms with Gasteiger partial charge < -0.3 is 44.0 Å². The number of hydrogen-bond acceptors (Lipinski definition) is 11. The zero-order valence-electron chi connectivity index (χ0n) is 35.8. The molecule has 3 N–H and O–H groups in total. The Morgan fingerprint density at radius 1 is 0.983 bits per heavy atom. The zero-order valence-corrected chi connectivity index (χ0v) is 36.6. The number of hydrogen-bond donors (Lipinski definition) is 3. The quantitative estimate of drug-likeness (QED) is 0.0385. The third-order valence-corrected chi connectivity index (χ3v) is 13.6. The molecule has 0 radical (unpaired) electrons. The molecule has 1 heterocycles. The van der Waals surface area contributed by atoms with Crippen molar-refractivity contribution in [1.82, 2.24) is 4.90 Å². The van der Waals surface area contributed by atoms with Gasteiger partial charge in [-0.1, -0.05) is 55.8 Å². The van der Waals surface area contributed by atoms with Crippen LogP contribution in [0.25, 0.3) is 0 Å². The monoisotopic (exact) mass is 848 g/mol. The lowest BCUT2D eigenvalue weighted by atomic mass is 9.55. The fraction of sp³-hybridized carbons (Fsp3) is 0.625. The summed E-state index contributed by atoms with van der Waals surface area (Å²) in [6.45, 7) is 7.37. The summed E-state index contributed by atoms with van der Waals surface area (Å²) in [6.07, 6.45) is 17.2. The van der Waals surface area contributed by atoms with Crippen molar-refractivity contribution in [2.75, 3.05) is 59.0 Å². The standard InChI is InChI=1S/C48H68N2O9S/c1-4-28-56-48-44(50(24-29-55-30-27-53)45(54)23-16-34-12-6-7-13-34)33-42(49-57-5-2)40-31-35(14-8-10-25-51)39(15-9-11-26-52)46(47(40)48)41-32-37(19-22-43(41)59-48)58-36-17-20-38(60-3)21-18-36/h4,17-22,31-32,34-35,39,44,46-47,51-53H,1,5-16,23-30,33H2,2-3H3. The molecule has 0 spiro atoms. The maximum atomic E-state index is 14.8. The van der Waals surface area contributed by atoms with Crippen molar-refractivity contribution in [3.8, 4) is 17.2 Å². The molecule has 11 nitrogen and oxygen atoms in total. The number of carbonyl (C=O) groups is 1. The van der Waals surface area contributed by atoms with Gasteiger partial charge >= 0.3 is 0 Å². The van der Waals surface area contributed by atoms with Crippen molar-refractivity contribution < 1.29 is 43.9 Å². The highest BCUT2D eigenvalue weighted by Crippen LogP contribution is 2.62. The van der Waals surface area contributed by atoms with E-state index < -0.39 is 17.7 Å². The molecule has 6 atom stereocenters. The molecule has 1 amide bonds. The van der Waals surface area contributed by atoms with E-state index >= 15 is 0 Å².